The van der Waals surface area contributed by atoms with Crippen LogP contribution in [0.2, 0.25) is 0 Å². The standard InChI is InChI=1S/C21H24FN3O2/c1-27-18-10-17-13-24(12-16-7-8-23-11-19(16)22)20(21(26)25(17)14-18)9-15-5-3-2-4-6-15/h2-8,11,17-18,20H,9-10,12-14H2,1H3/t17-,18-,20-/m0/s1. The number of nitrogens with zero attached hydrogens (tertiary/aromatic N) is 3. The molecule has 3 heterocycles. The van der Waals surface area contributed by atoms with Gasteiger partial charge in [-0.05, 0) is 24.5 Å². The number of hydrogen-bond donors (Lipinski definition) is 0. The second-order valence-corrected chi connectivity index (χ2v) is 7.34. The zero-order chi connectivity index (χ0) is 18.8. The number of carbonyl (C=O) groups is 1. The maximum atomic E-state index is 14.2. The van der Waals surface area contributed by atoms with Gasteiger partial charge in [0.1, 0.15) is 5.82 Å². The summed E-state index contributed by atoms with van der Waals surface area (Å²) in [5.41, 5.74) is 1.68. The molecule has 2 aromatic rings. The third-order valence-corrected chi connectivity index (χ3v) is 5.67. The van der Waals surface area contributed by atoms with E-state index in [4.69, 9.17) is 4.74 Å². The smallest absolute Gasteiger partial charge is 0.240 e. The van der Waals surface area contributed by atoms with E-state index in [0.717, 1.165) is 18.5 Å². The zero-order valence-corrected chi connectivity index (χ0v) is 15.4. The average Bonchev–Trinajstić information content (AvgIpc) is 3.11. The van der Waals surface area contributed by atoms with Crippen LogP contribution in [0.1, 0.15) is 17.5 Å². The molecular weight excluding hydrogens is 345 g/mol. The zero-order valence-electron chi connectivity index (χ0n) is 15.4. The van der Waals surface area contributed by atoms with Gasteiger partial charge in [0.05, 0.1) is 18.3 Å². The van der Waals surface area contributed by atoms with Gasteiger partial charge in [-0.15, -0.1) is 0 Å². The van der Waals surface area contributed by atoms with E-state index < -0.39 is 0 Å². The first-order valence-corrected chi connectivity index (χ1v) is 9.35. The fraction of sp³-hybridized carbons (Fsp3) is 0.429. The summed E-state index contributed by atoms with van der Waals surface area (Å²) >= 11 is 0. The van der Waals surface area contributed by atoms with Crippen LogP contribution in [0, 0.1) is 5.82 Å². The van der Waals surface area contributed by atoms with Gasteiger partial charge in [0.2, 0.25) is 5.91 Å². The normalized spacial score (nSPS) is 25.6. The second kappa shape index (κ2) is 7.74. The van der Waals surface area contributed by atoms with Crippen molar-refractivity contribution in [2.75, 3.05) is 20.2 Å². The number of ether oxygens (including phenoxy) is 1. The Kier molecular flexibility index (Phi) is 5.18. The van der Waals surface area contributed by atoms with Gasteiger partial charge in [-0.2, -0.15) is 0 Å². The predicted molar refractivity (Wildman–Crippen MR) is 99.5 cm³/mol. The van der Waals surface area contributed by atoms with E-state index in [0.29, 0.717) is 25.1 Å². The molecule has 2 aliphatic heterocycles. The van der Waals surface area contributed by atoms with Gasteiger partial charge in [0.25, 0.3) is 0 Å². The Bertz CT molecular complexity index is 801. The lowest BCUT2D eigenvalue weighted by molar-refractivity contribution is -0.144. The number of halogens is 1. The monoisotopic (exact) mass is 369 g/mol. The fourth-order valence-electron chi connectivity index (χ4n) is 4.21. The molecule has 27 heavy (non-hydrogen) atoms. The summed E-state index contributed by atoms with van der Waals surface area (Å²) in [7, 11) is 1.69. The number of rotatable bonds is 5. The van der Waals surface area contributed by atoms with Crippen LogP contribution in [-0.2, 0) is 22.5 Å². The van der Waals surface area contributed by atoms with E-state index in [9.17, 15) is 9.18 Å². The van der Waals surface area contributed by atoms with Crippen molar-refractivity contribution in [2.45, 2.75) is 37.6 Å². The van der Waals surface area contributed by atoms with E-state index >= 15 is 0 Å². The van der Waals surface area contributed by atoms with Crippen LogP contribution in [0.4, 0.5) is 4.39 Å². The van der Waals surface area contributed by atoms with Crippen LogP contribution >= 0.6 is 0 Å². The van der Waals surface area contributed by atoms with Crippen LogP contribution in [0.25, 0.3) is 0 Å². The molecule has 1 amide bonds. The van der Waals surface area contributed by atoms with Crippen molar-refractivity contribution in [1.29, 1.82) is 0 Å². The Hall–Kier alpha value is -2.31. The van der Waals surface area contributed by atoms with Crippen molar-refractivity contribution >= 4 is 5.91 Å². The molecule has 0 N–H and O–H groups in total. The molecule has 2 saturated heterocycles. The van der Waals surface area contributed by atoms with E-state index in [1.807, 2.05) is 35.2 Å². The van der Waals surface area contributed by atoms with Crippen molar-refractivity contribution in [3.05, 3.63) is 65.7 Å². The van der Waals surface area contributed by atoms with E-state index in [-0.39, 0.29) is 29.9 Å². The minimum Gasteiger partial charge on any atom is -0.380 e. The van der Waals surface area contributed by atoms with Gasteiger partial charge in [-0.1, -0.05) is 30.3 Å². The Morgan fingerprint density at radius 1 is 1.22 bits per heavy atom. The van der Waals surface area contributed by atoms with E-state index in [2.05, 4.69) is 9.88 Å². The van der Waals surface area contributed by atoms with E-state index in [1.54, 1.807) is 19.4 Å². The quantitative estimate of drug-likeness (QED) is 0.811. The number of benzene rings is 1. The molecule has 0 saturated carbocycles. The van der Waals surface area contributed by atoms with Crippen molar-refractivity contribution < 1.29 is 13.9 Å². The molecule has 4 rings (SSSR count). The van der Waals surface area contributed by atoms with Gasteiger partial charge in [0.15, 0.2) is 0 Å². The Morgan fingerprint density at radius 2 is 2.04 bits per heavy atom. The maximum absolute atomic E-state index is 14.2. The molecule has 5 nitrogen and oxygen atoms in total. The number of piperazine rings is 1. The number of pyridine rings is 1. The highest BCUT2D eigenvalue weighted by Crippen LogP contribution is 2.30. The van der Waals surface area contributed by atoms with Crippen LogP contribution in [0.3, 0.4) is 0 Å². The summed E-state index contributed by atoms with van der Waals surface area (Å²) in [6, 6.07) is 11.5. The molecule has 0 unspecified atom stereocenters. The molecule has 0 bridgehead atoms. The number of fused-ring (bicyclic) bond motifs is 1. The van der Waals surface area contributed by atoms with Gasteiger partial charge >= 0.3 is 0 Å². The Balaban J connectivity index is 1.61. The summed E-state index contributed by atoms with van der Waals surface area (Å²) in [6.07, 6.45) is 4.35. The molecular formula is C21H24FN3O2. The number of carbonyl (C=O) groups excluding carboxylic acids is 1. The lowest BCUT2D eigenvalue weighted by Gasteiger charge is -2.43. The van der Waals surface area contributed by atoms with Crippen LogP contribution < -0.4 is 0 Å². The first-order chi connectivity index (χ1) is 13.2. The van der Waals surface area contributed by atoms with Gasteiger partial charge < -0.3 is 9.64 Å². The minimum atomic E-state index is -0.327. The molecule has 0 aliphatic carbocycles. The summed E-state index contributed by atoms with van der Waals surface area (Å²) in [4.78, 5) is 21.2. The topological polar surface area (TPSA) is 45.7 Å². The van der Waals surface area contributed by atoms with Gasteiger partial charge in [0, 0.05) is 44.5 Å². The van der Waals surface area contributed by atoms with Crippen LogP contribution in [-0.4, -0.2) is 59.1 Å². The molecule has 2 fully saturated rings. The minimum absolute atomic E-state index is 0.0777. The highest BCUT2D eigenvalue weighted by molar-refractivity contribution is 5.84. The molecule has 6 heteroatoms. The number of hydrogen-bond acceptors (Lipinski definition) is 4. The van der Waals surface area contributed by atoms with Gasteiger partial charge in [-0.3, -0.25) is 14.7 Å². The van der Waals surface area contributed by atoms with E-state index in [1.165, 1.54) is 6.20 Å². The van der Waals surface area contributed by atoms with Crippen LogP contribution in [0.15, 0.2) is 48.8 Å². The summed E-state index contributed by atoms with van der Waals surface area (Å²) in [5.74, 6) is -0.212. The van der Waals surface area contributed by atoms with Crippen molar-refractivity contribution in [1.82, 2.24) is 14.8 Å². The third-order valence-electron chi connectivity index (χ3n) is 5.67. The number of methoxy groups -OCH3 is 1. The summed E-state index contributed by atoms with van der Waals surface area (Å²) in [6.45, 7) is 1.77. The predicted octanol–water partition coefficient (Wildman–Crippen LogP) is 2.26. The van der Waals surface area contributed by atoms with Crippen LogP contribution in [0.5, 0.6) is 0 Å². The Morgan fingerprint density at radius 3 is 2.78 bits per heavy atom. The van der Waals surface area contributed by atoms with Crippen molar-refractivity contribution in [3.63, 3.8) is 0 Å². The molecule has 142 valence electrons. The van der Waals surface area contributed by atoms with Crippen molar-refractivity contribution in [2.24, 2.45) is 0 Å². The largest absolute Gasteiger partial charge is 0.380 e. The lowest BCUT2D eigenvalue weighted by Crippen LogP contribution is -2.60. The number of amides is 1. The lowest BCUT2D eigenvalue weighted by atomic mass is 9.98. The number of aromatic nitrogens is 1. The summed E-state index contributed by atoms with van der Waals surface area (Å²) < 4.78 is 19.7. The molecule has 0 radical (unpaired) electrons. The molecule has 1 aromatic carbocycles. The van der Waals surface area contributed by atoms with Crippen molar-refractivity contribution in [3.8, 4) is 0 Å². The summed E-state index contributed by atoms with van der Waals surface area (Å²) in [5, 5.41) is 0. The fourth-order valence-corrected chi connectivity index (χ4v) is 4.21. The molecule has 0 spiro atoms. The Labute approximate surface area is 158 Å². The second-order valence-electron chi connectivity index (χ2n) is 7.34. The molecule has 1 aromatic heterocycles. The molecule has 2 aliphatic rings. The maximum Gasteiger partial charge on any atom is 0.240 e. The highest BCUT2D eigenvalue weighted by atomic mass is 19.1. The highest BCUT2D eigenvalue weighted by Gasteiger charge is 2.45. The van der Waals surface area contributed by atoms with Gasteiger partial charge in [-0.25, -0.2) is 4.39 Å². The third kappa shape index (κ3) is 3.73. The average molecular weight is 369 g/mol. The first-order valence-electron chi connectivity index (χ1n) is 9.35. The SMILES string of the molecule is CO[C@H]1C[C@H]2CN(Cc3ccncc3F)[C@@H](Cc3ccccc3)C(=O)N2C1. The molecule has 3 atom stereocenters. The first kappa shape index (κ1) is 18.1.